The summed E-state index contributed by atoms with van der Waals surface area (Å²) in [6, 6.07) is 14.5. The molecule has 1 aliphatic heterocycles. The Morgan fingerprint density at radius 2 is 2.14 bits per heavy atom. The zero-order valence-corrected chi connectivity index (χ0v) is 12.4. The minimum absolute atomic E-state index is 0.0530. The topological polar surface area (TPSA) is 48.1 Å². The fourth-order valence-corrected chi connectivity index (χ4v) is 3.73. The molecule has 0 spiro atoms. The van der Waals surface area contributed by atoms with Gasteiger partial charge in [0.05, 0.1) is 22.9 Å². The molecule has 1 atom stereocenters. The van der Waals surface area contributed by atoms with Crippen molar-refractivity contribution in [1.82, 2.24) is 4.98 Å². The Kier molecular flexibility index (Phi) is 3.13. The van der Waals surface area contributed by atoms with E-state index in [-0.39, 0.29) is 6.04 Å². The summed E-state index contributed by atoms with van der Waals surface area (Å²) in [7, 11) is 0. The van der Waals surface area contributed by atoms with Gasteiger partial charge in [-0.15, -0.1) is 11.3 Å². The third kappa shape index (κ3) is 2.41. The lowest BCUT2D eigenvalue weighted by molar-refractivity contribution is 0.357. The average molecular weight is 296 g/mol. The molecule has 3 aromatic rings. The molecule has 3 nitrogen and oxygen atoms in total. The predicted octanol–water partition coefficient (Wildman–Crippen LogP) is 3.47. The van der Waals surface area contributed by atoms with Gasteiger partial charge < -0.3 is 10.5 Å². The van der Waals surface area contributed by atoms with Crippen molar-refractivity contribution < 1.29 is 4.74 Å². The second-order valence-electron chi connectivity index (χ2n) is 5.37. The van der Waals surface area contributed by atoms with Gasteiger partial charge in [-0.05, 0) is 35.7 Å². The average Bonchev–Trinajstić information content (AvgIpc) is 3.13. The van der Waals surface area contributed by atoms with E-state index >= 15 is 0 Å². The third-order valence-electron chi connectivity index (χ3n) is 3.84. The first-order valence-electron chi connectivity index (χ1n) is 7.15. The van der Waals surface area contributed by atoms with Crippen LogP contribution in [-0.2, 0) is 12.8 Å². The Bertz CT molecular complexity index is 763. The molecule has 0 aliphatic carbocycles. The molecule has 2 heterocycles. The maximum atomic E-state index is 6.35. The van der Waals surface area contributed by atoms with Crippen molar-refractivity contribution in [2.45, 2.75) is 18.9 Å². The van der Waals surface area contributed by atoms with Crippen LogP contribution in [0.2, 0.25) is 0 Å². The summed E-state index contributed by atoms with van der Waals surface area (Å²) < 4.78 is 6.74. The highest BCUT2D eigenvalue weighted by Gasteiger charge is 2.16. The number of para-hydroxylation sites is 1. The number of hydrogen-bond acceptors (Lipinski definition) is 4. The van der Waals surface area contributed by atoms with Crippen LogP contribution in [0.25, 0.3) is 10.2 Å². The first kappa shape index (κ1) is 12.8. The minimum atomic E-state index is -0.0530. The van der Waals surface area contributed by atoms with Crippen molar-refractivity contribution in [2.24, 2.45) is 5.73 Å². The van der Waals surface area contributed by atoms with Gasteiger partial charge in [-0.2, -0.15) is 0 Å². The summed E-state index contributed by atoms with van der Waals surface area (Å²) in [5, 5.41) is 1.01. The maximum Gasteiger partial charge on any atom is 0.122 e. The van der Waals surface area contributed by atoms with Crippen LogP contribution in [-0.4, -0.2) is 11.6 Å². The van der Waals surface area contributed by atoms with E-state index in [1.54, 1.807) is 11.3 Å². The van der Waals surface area contributed by atoms with Crippen LogP contribution in [0.5, 0.6) is 5.75 Å². The number of fused-ring (bicyclic) bond motifs is 2. The molecule has 0 bridgehead atoms. The van der Waals surface area contributed by atoms with E-state index in [4.69, 9.17) is 10.5 Å². The van der Waals surface area contributed by atoms with Gasteiger partial charge in [0, 0.05) is 6.42 Å². The van der Waals surface area contributed by atoms with Crippen LogP contribution in [0.4, 0.5) is 0 Å². The first-order chi connectivity index (χ1) is 10.3. The molecule has 0 saturated heterocycles. The standard InChI is InChI=1S/C17H16N2OS/c18-13(17-19-14-3-1-2-4-16(14)21-17)10-11-5-6-15-12(9-11)7-8-20-15/h1-6,9,13H,7-8,10,18H2. The molecule has 1 unspecified atom stereocenters. The van der Waals surface area contributed by atoms with Gasteiger partial charge in [0.25, 0.3) is 0 Å². The molecular weight excluding hydrogens is 280 g/mol. The lowest BCUT2D eigenvalue weighted by atomic mass is 10.0. The van der Waals surface area contributed by atoms with Crippen LogP contribution < -0.4 is 10.5 Å². The van der Waals surface area contributed by atoms with Gasteiger partial charge in [0.2, 0.25) is 0 Å². The quantitative estimate of drug-likeness (QED) is 0.805. The number of hydrogen-bond donors (Lipinski definition) is 1. The third-order valence-corrected chi connectivity index (χ3v) is 5.01. The number of ether oxygens (including phenoxy) is 1. The van der Waals surface area contributed by atoms with Gasteiger partial charge in [0.1, 0.15) is 10.8 Å². The lowest BCUT2D eigenvalue weighted by Crippen LogP contribution is -2.13. The second kappa shape index (κ2) is 5.13. The summed E-state index contributed by atoms with van der Waals surface area (Å²) >= 11 is 1.69. The van der Waals surface area contributed by atoms with Crippen LogP contribution in [0, 0.1) is 0 Å². The number of thiazole rings is 1. The Balaban J connectivity index is 1.58. The summed E-state index contributed by atoms with van der Waals surface area (Å²) in [6.07, 6.45) is 1.81. The molecular formula is C17H16N2OS. The first-order valence-corrected chi connectivity index (χ1v) is 7.97. The monoisotopic (exact) mass is 296 g/mol. The largest absolute Gasteiger partial charge is 0.493 e. The van der Waals surface area contributed by atoms with E-state index in [0.29, 0.717) is 0 Å². The Morgan fingerprint density at radius 1 is 1.24 bits per heavy atom. The predicted molar refractivity (Wildman–Crippen MR) is 85.9 cm³/mol. The number of rotatable bonds is 3. The van der Waals surface area contributed by atoms with E-state index in [9.17, 15) is 0 Å². The highest BCUT2D eigenvalue weighted by atomic mass is 32.1. The van der Waals surface area contributed by atoms with Crippen LogP contribution >= 0.6 is 11.3 Å². The van der Waals surface area contributed by atoms with Crippen molar-refractivity contribution in [3.63, 3.8) is 0 Å². The molecule has 4 rings (SSSR count). The molecule has 21 heavy (non-hydrogen) atoms. The molecule has 1 aromatic heterocycles. The number of aromatic nitrogens is 1. The van der Waals surface area contributed by atoms with Crippen molar-refractivity contribution in [2.75, 3.05) is 6.61 Å². The summed E-state index contributed by atoms with van der Waals surface area (Å²) in [5.41, 5.74) is 9.94. The summed E-state index contributed by atoms with van der Waals surface area (Å²) in [4.78, 5) is 4.65. The summed E-state index contributed by atoms with van der Waals surface area (Å²) in [5.74, 6) is 1.02. The Hall–Kier alpha value is -1.91. The van der Waals surface area contributed by atoms with Crippen molar-refractivity contribution in [3.8, 4) is 5.75 Å². The molecule has 0 amide bonds. The fraction of sp³-hybridized carbons (Fsp3) is 0.235. The van der Waals surface area contributed by atoms with Crippen LogP contribution in [0.15, 0.2) is 42.5 Å². The van der Waals surface area contributed by atoms with E-state index < -0.39 is 0 Å². The van der Waals surface area contributed by atoms with Gasteiger partial charge in [-0.1, -0.05) is 24.3 Å². The molecule has 1 aliphatic rings. The maximum absolute atomic E-state index is 6.35. The highest BCUT2D eigenvalue weighted by Crippen LogP contribution is 2.30. The van der Waals surface area contributed by atoms with Gasteiger partial charge in [-0.3, -0.25) is 0 Å². The van der Waals surface area contributed by atoms with Crippen molar-refractivity contribution in [1.29, 1.82) is 0 Å². The second-order valence-corrected chi connectivity index (χ2v) is 6.43. The van der Waals surface area contributed by atoms with E-state index in [0.717, 1.165) is 35.7 Å². The summed E-state index contributed by atoms with van der Waals surface area (Å²) in [6.45, 7) is 0.794. The Labute approximate surface area is 127 Å². The Morgan fingerprint density at radius 3 is 3.05 bits per heavy atom. The lowest BCUT2D eigenvalue weighted by Gasteiger charge is -2.09. The molecule has 4 heteroatoms. The molecule has 0 saturated carbocycles. The molecule has 2 N–H and O–H groups in total. The van der Waals surface area contributed by atoms with Crippen LogP contribution in [0.1, 0.15) is 22.2 Å². The van der Waals surface area contributed by atoms with Crippen LogP contribution in [0.3, 0.4) is 0 Å². The molecule has 106 valence electrons. The zero-order chi connectivity index (χ0) is 14.2. The van der Waals surface area contributed by atoms with Gasteiger partial charge >= 0.3 is 0 Å². The molecule has 0 radical (unpaired) electrons. The van der Waals surface area contributed by atoms with E-state index in [1.807, 2.05) is 18.2 Å². The van der Waals surface area contributed by atoms with Crippen molar-refractivity contribution in [3.05, 3.63) is 58.6 Å². The van der Waals surface area contributed by atoms with Gasteiger partial charge in [-0.25, -0.2) is 4.98 Å². The van der Waals surface area contributed by atoms with Crippen molar-refractivity contribution >= 4 is 21.6 Å². The number of nitrogens with zero attached hydrogens (tertiary/aromatic N) is 1. The SMILES string of the molecule is NC(Cc1ccc2c(c1)CCO2)c1nc2ccccc2s1. The highest BCUT2D eigenvalue weighted by molar-refractivity contribution is 7.18. The smallest absolute Gasteiger partial charge is 0.122 e. The normalized spacial score (nSPS) is 14.9. The number of nitrogens with two attached hydrogens (primary N) is 1. The molecule has 2 aromatic carbocycles. The fourth-order valence-electron chi connectivity index (χ4n) is 2.76. The zero-order valence-electron chi connectivity index (χ0n) is 11.6. The van der Waals surface area contributed by atoms with Gasteiger partial charge in [0.15, 0.2) is 0 Å². The minimum Gasteiger partial charge on any atom is -0.493 e. The van der Waals surface area contributed by atoms with E-state index in [1.165, 1.54) is 15.8 Å². The van der Waals surface area contributed by atoms with E-state index in [2.05, 4.69) is 29.2 Å². The number of benzene rings is 2. The molecule has 0 fully saturated rings.